The van der Waals surface area contributed by atoms with Crippen LogP contribution in [-0.4, -0.2) is 34.5 Å². The summed E-state index contributed by atoms with van der Waals surface area (Å²) in [5.41, 5.74) is 4.91. The molecule has 7 nitrogen and oxygen atoms in total. The number of rotatable bonds is 7. The minimum Gasteiger partial charge on any atom is -0.482 e. The van der Waals surface area contributed by atoms with Crippen LogP contribution in [0.25, 0.3) is 45.3 Å². The second-order valence-electron chi connectivity index (χ2n) is 7.89. The number of aryl methyl sites for hydroxylation is 1. The fraction of sp³-hybridized carbons (Fsp3) is 0.107. The molecule has 0 atom stereocenters. The van der Waals surface area contributed by atoms with E-state index in [9.17, 15) is 4.79 Å². The summed E-state index contributed by atoms with van der Waals surface area (Å²) in [6.07, 6.45) is 1.88. The highest BCUT2D eigenvalue weighted by atomic mass is 16.6. The molecule has 3 aromatic carbocycles. The number of aromatic nitrogens is 3. The molecule has 0 aliphatic carbocycles. The normalized spacial score (nSPS) is 10.8. The number of ether oxygens (including phenoxy) is 2. The Morgan fingerprint density at radius 2 is 1.57 bits per heavy atom. The molecule has 2 aromatic heterocycles. The van der Waals surface area contributed by atoms with Gasteiger partial charge in [0.2, 0.25) is 5.89 Å². The van der Waals surface area contributed by atoms with Crippen LogP contribution in [0.5, 0.6) is 5.75 Å². The van der Waals surface area contributed by atoms with Crippen LogP contribution in [-0.2, 0) is 16.6 Å². The van der Waals surface area contributed by atoms with Crippen LogP contribution in [0.2, 0.25) is 0 Å². The maximum atomic E-state index is 11.5. The Hall–Kier alpha value is -4.65. The average Bonchev–Trinajstić information content (AvgIpc) is 3.52. The minimum atomic E-state index is -0.449. The van der Waals surface area contributed by atoms with Crippen molar-refractivity contribution in [1.82, 2.24) is 14.8 Å². The fourth-order valence-electron chi connectivity index (χ4n) is 3.80. The van der Waals surface area contributed by atoms with Crippen LogP contribution in [0.4, 0.5) is 0 Å². The first-order chi connectivity index (χ1) is 17.1. The van der Waals surface area contributed by atoms with Gasteiger partial charge in [0.15, 0.2) is 12.4 Å². The standard InChI is InChI=1S/C28H23N3O4/c1-31-17-23(25(30-31)21-14-9-15-22(16-21)34-18-24(32)33-2)28-29-26(19-10-5-3-6-11-19)27(35-28)20-12-7-4-8-13-20/h3-17H,18H2,1-2H3. The number of methoxy groups -OCH3 is 1. The topological polar surface area (TPSA) is 79.4 Å². The molecule has 35 heavy (non-hydrogen) atoms. The largest absolute Gasteiger partial charge is 0.482 e. The zero-order valence-corrected chi connectivity index (χ0v) is 19.3. The molecule has 2 heterocycles. The van der Waals surface area contributed by atoms with Crippen molar-refractivity contribution in [3.8, 4) is 51.0 Å². The predicted molar refractivity (Wildman–Crippen MR) is 133 cm³/mol. The summed E-state index contributed by atoms with van der Waals surface area (Å²) in [4.78, 5) is 16.4. The average molecular weight is 466 g/mol. The second kappa shape index (κ2) is 9.69. The van der Waals surface area contributed by atoms with E-state index in [2.05, 4.69) is 9.84 Å². The molecule has 0 unspecified atom stereocenters. The van der Waals surface area contributed by atoms with Crippen molar-refractivity contribution in [3.63, 3.8) is 0 Å². The first-order valence-corrected chi connectivity index (χ1v) is 11.1. The molecule has 5 rings (SSSR count). The highest BCUT2D eigenvalue weighted by Gasteiger charge is 2.22. The number of carbonyl (C=O) groups is 1. The van der Waals surface area contributed by atoms with Crippen LogP contribution in [0.15, 0.2) is 95.5 Å². The number of esters is 1. The highest BCUT2D eigenvalue weighted by Crippen LogP contribution is 2.39. The van der Waals surface area contributed by atoms with Crippen molar-refractivity contribution >= 4 is 5.97 Å². The van der Waals surface area contributed by atoms with E-state index in [-0.39, 0.29) is 6.61 Å². The summed E-state index contributed by atoms with van der Waals surface area (Å²) in [7, 11) is 3.18. The molecule has 0 N–H and O–H groups in total. The zero-order chi connectivity index (χ0) is 24.2. The zero-order valence-electron chi connectivity index (χ0n) is 19.3. The molecule has 0 saturated heterocycles. The third kappa shape index (κ3) is 4.70. The van der Waals surface area contributed by atoms with E-state index >= 15 is 0 Å². The number of carbonyl (C=O) groups excluding carboxylic acids is 1. The van der Waals surface area contributed by atoms with Crippen molar-refractivity contribution in [1.29, 1.82) is 0 Å². The Labute approximate surface area is 202 Å². The van der Waals surface area contributed by atoms with Gasteiger partial charge in [-0.25, -0.2) is 9.78 Å². The molecule has 0 radical (unpaired) electrons. The third-order valence-electron chi connectivity index (χ3n) is 5.46. The van der Waals surface area contributed by atoms with E-state index in [1.165, 1.54) is 7.11 Å². The van der Waals surface area contributed by atoms with Gasteiger partial charge in [-0.3, -0.25) is 4.68 Å². The van der Waals surface area contributed by atoms with Crippen molar-refractivity contribution in [2.24, 2.45) is 7.05 Å². The summed E-state index contributed by atoms with van der Waals surface area (Å²) in [6.45, 7) is -0.171. The van der Waals surface area contributed by atoms with Crippen LogP contribution < -0.4 is 4.74 Å². The number of hydrogen-bond donors (Lipinski definition) is 0. The van der Waals surface area contributed by atoms with Crippen LogP contribution in [0.3, 0.4) is 0 Å². The highest BCUT2D eigenvalue weighted by molar-refractivity contribution is 5.82. The Bertz CT molecular complexity index is 1400. The Morgan fingerprint density at radius 3 is 2.29 bits per heavy atom. The lowest BCUT2D eigenvalue weighted by atomic mass is 10.1. The van der Waals surface area contributed by atoms with Crippen molar-refractivity contribution in [2.75, 3.05) is 13.7 Å². The van der Waals surface area contributed by atoms with Gasteiger partial charge in [0.05, 0.1) is 12.7 Å². The lowest BCUT2D eigenvalue weighted by Crippen LogP contribution is -2.12. The van der Waals surface area contributed by atoms with E-state index in [1.54, 1.807) is 10.7 Å². The van der Waals surface area contributed by atoms with Crippen LogP contribution >= 0.6 is 0 Å². The van der Waals surface area contributed by atoms with Gasteiger partial charge < -0.3 is 13.9 Å². The van der Waals surface area contributed by atoms with Crippen molar-refractivity contribution in [3.05, 3.63) is 91.1 Å². The van der Waals surface area contributed by atoms with Gasteiger partial charge in [0, 0.05) is 29.9 Å². The molecule has 0 saturated carbocycles. The van der Waals surface area contributed by atoms with E-state index in [0.29, 0.717) is 23.1 Å². The maximum absolute atomic E-state index is 11.5. The van der Waals surface area contributed by atoms with Gasteiger partial charge in [-0.2, -0.15) is 5.10 Å². The smallest absolute Gasteiger partial charge is 0.343 e. The van der Waals surface area contributed by atoms with Gasteiger partial charge in [-0.05, 0) is 12.1 Å². The van der Waals surface area contributed by atoms with Gasteiger partial charge in [0.25, 0.3) is 0 Å². The number of benzene rings is 3. The van der Waals surface area contributed by atoms with Crippen molar-refractivity contribution < 1.29 is 18.7 Å². The number of nitrogens with zero attached hydrogens (tertiary/aromatic N) is 3. The Kier molecular flexibility index (Phi) is 6.13. The minimum absolute atomic E-state index is 0.171. The molecule has 0 aliphatic rings. The molecule has 174 valence electrons. The fourth-order valence-corrected chi connectivity index (χ4v) is 3.80. The van der Waals surface area contributed by atoms with Gasteiger partial charge >= 0.3 is 5.97 Å². The molecule has 0 spiro atoms. The maximum Gasteiger partial charge on any atom is 0.343 e. The first kappa shape index (κ1) is 22.2. The Balaban J connectivity index is 1.59. The van der Waals surface area contributed by atoms with E-state index < -0.39 is 5.97 Å². The summed E-state index contributed by atoms with van der Waals surface area (Å²) in [6, 6.07) is 27.3. The summed E-state index contributed by atoms with van der Waals surface area (Å²) >= 11 is 0. The lowest BCUT2D eigenvalue weighted by molar-refractivity contribution is -0.142. The monoisotopic (exact) mass is 465 g/mol. The molecule has 0 amide bonds. The third-order valence-corrected chi connectivity index (χ3v) is 5.46. The van der Waals surface area contributed by atoms with Gasteiger partial charge in [0.1, 0.15) is 17.1 Å². The number of hydrogen-bond acceptors (Lipinski definition) is 6. The number of oxazole rings is 1. The quantitative estimate of drug-likeness (QED) is 0.290. The van der Waals surface area contributed by atoms with Crippen molar-refractivity contribution in [2.45, 2.75) is 0 Å². The summed E-state index contributed by atoms with van der Waals surface area (Å²) in [5, 5.41) is 4.66. The molecule has 0 aliphatic heterocycles. The lowest BCUT2D eigenvalue weighted by Gasteiger charge is -2.06. The SMILES string of the molecule is COC(=O)COc1cccc(-c2nn(C)cc2-c2nc(-c3ccccc3)c(-c3ccccc3)o2)c1. The van der Waals surface area contributed by atoms with Gasteiger partial charge in [-0.1, -0.05) is 72.8 Å². The first-order valence-electron chi connectivity index (χ1n) is 11.1. The molecule has 0 bridgehead atoms. The van der Waals surface area contributed by atoms with E-state index in [0.717, 1.165) is 27.9 Å². The summed E-state index contributed by atoms with van der Waals surface area (Å²) < 4.78 is 18.3. The van der Waals surface area contributed by atoms with Gasteiger partial charge in [-0.15, -0.1) is 0 Å². The molecule has 0 fully saturated rings. The molecular weight excluding hydrogens is 442 g/mol. The van der Waals surface area contributed by atoms with E-state index in [4.69, 9.17) is 14.1 Å². The molecule has 5 aromatic rings. The van der Waals surface area contributed by atoms with Crippen LogP contribution in [0.1, 0.15) is 0 Å². The Morgan fingerprint density at radius 1 is 0.886 bits per heavy atom. The van der Waals surface area contributed by atoms with E-state index in [1.807, 2.05) is 92.1 Å². The molecule has 7 heteroatoms. The molecular formula is C28H23N3O4. The second-order valence-corrected chi connectivity index (χ2v) is 7.89. The van der Waals surface area contributed by atoms with Crippen LogP contribution in [0, 0.1) is 0 Å². The summed E-state index contributed by atoms with van der Waals surface area (Å²) in [5.74, 6) is 1.24. The predicted octanol–water partition coefficient (Wildman–Crippen LogP) is 5.63.